The molecule has 0 bridgehead atoms. The van der Waals surface area contributed by atoms with Gasteiger partial charge in [0, 0.05) is 11.1 Å². The third kappa shape index (κ3) is 3.39. The summed E-state index contributed by atoms with van der Waals surface area (Å²) in [6.45, 7) is 2.02. The van der Waals surface area contributed by atoms with Crippen LogP contribution in [0.25, 0.3) is 0 Å². The Morgan fingerprint density at radius 3 is 2.88 bits per heavy atom. The van der Waals surface area contributed by atoms with Gasteiger partial charge in [-0.1, -0.05) is 30.5 Å². The predicted molar refractivity (Wildman–Crippen MR) is 66.9 cm³/mol. The molecule has 2 atom stereocenters. The molecule has 1 aliphatic carbocycles. The first-order valence-electron chi connectivity index (χ1n) is 5.83. The molecule has 1 aliphatic rings. The Morgan fingerprint density at radius 2 is 2.25 bits per heavy atom. The highest BCUT2D eigenvalue weighted by molar-refractivity contribution is 6.30. The molecule has 2 N–H and O–H groups in total. The number of hydrogen-bond acceptors (Lipinski definition) is 2. The lowest BCUT2D eigenvalue weighted by atomic mass is 10.1. The van der Waals surface area contributed by atoms with Gasteiger partial charge in [-0.25, -0.2) is 0 Å². The second-order valence-corrected chi connectivity index (χ2v) is 5.06. The van der Waals surface area contributed by atoms with E-state index in [-0.39, 0.29) is 12.1 Å². The van der Waals surface area contributed by atoms with Crippen LogP contribution < -0.4 is 10.5 Å². The third-order valence-corrected chi connectivity index (χ3v) is 3.26. The van der Waals surface area contributed by atoms with Crippen molar-refractivity contribution in [1.82, 2.24) is 0 Å². The number of ether oxygens (including phenoxy) is 1. The van der Waals surface area contributed by atoms with E-state index >= 15 is 0 Å². The summed E-state index contributed by atoms with van der Waals surface area (Å²) in [5.74, 6) is 1.63. The molecule has 0 radical (unpaired) electrons. The predicted octanol–water partition coefficient (Wildman–Crippen LogP) is 3.23. The molecule has 0 amide bonds. The van der Waals surface area contributed by atoms with Gasteiger partial charge in [-0.2, -0.15) is 0 Å². The number of benzene rings is 1. The average Bonchev–Trinajstić information content (AvgIpc) is 3.01. The number of halogens is 1. The lowest BCUT2D eigenvalue weighted by Crippen LogP contribution is -2.37. The smallest absolute Gasteiger partial charge is 0.121 e. The lowest BCUT2D eigenvalue weighted by molar-refractivity contribution is 0.181. The normalized spacial score (nSPS) is 19.2. The molecule has 0 spiro atoms. The van der Waals surface area contributed by atoms with Crippen LogP contribution in [0.2, 0.25) is 5.02 Å². The first-order valence-corrected chi connectivity index (χ1v) is 6.21. The van der Waals surface area contributed by atoms with Gasteiger partial charge in [0.1, 0.15) is 11.9 Å². The monoisotopic (exact) mass is 239 g/mol. The average molecular weight is 240 g/mol. The van der Waals surface area contributed by atoms with Crippen LogP contribution in [0.1, 0.15) is 26.2 Å². The Hall–Kier alpha value is -0.730. The van der Waals surface area contributed by atoms with Gasteiger partial charge < -0.3 is 10.5 Å². The van der Waals surface area contributed by atoms with Gasteiger partial charge in [0.25, 0.3) is 0 Å². The van der Waals surface area contributed by atoms with Crippen molar-refractivity contribution in [3.8, 4) is 5.75 Å². The van der Waals surface area contributed by atoms with E-state index in [4.69, 9.17) is 22.1 Å². The zero-order valence-electron chi connectivity index (χ0n) is 9.53. The van der Waals surface area contributed by atoms with E-state index in [1.54, 1.807) is 0 Å². The van der Waals surface area contributed by atoms with Crippen molar-refractivity contribution in [2.24, 2.45) is 11.7 Å². The number of hydrogen-bond donors (Lipinski definition) is 1. The SMILES string of the molecule is CC(Oc1cccc(Cl)c1)C(N)CC1CC1. The molecule has 0 aromatic heterocycles. The molecule has 16 heavy (non-hydrogen) atoms. The molecule has 1 aromatic carbocycles. The van der Waals surface area contributed by atoms with Gasteiger partial charge >= 0.3 is 0 Å². The summed E-state index contributed by atoms with van der Waals surface area (Å²) >= 11 is 5.89. The van der Waals surface area contributed by atoms with Crippen molar-refractivity contribution in [3.05, 3.63) is 29.3 Å². The molecule has 88 valence electrons. The topological polar surface area (TPSA) is 35.2 Å². The fourth-order valence-corrected chi connectivity index (χ4v) is 1.95. The van der Waals surface area contributed by atoms with E-state index in [0.29, 0.717) is 5.02 Å². The highest BCUT2D eigenvalue weighted by atomic mass is 35.5. The van der Waals surface area contributed by atoms with Gasteiger partial charge in [-0.05, 0) is 37.5 Å². The van der Waals surface area contributed by atoms with Crippen LogP contribution in [0, 0.1) is 5.92 Å². The Bertz CT molecular complexity index is 352. The summed E-state index contributed by atoms with van der Waals surface area (Å²) in [7, 11) is 0. The Balaban J connectivity index is 1.87. The summed E-state index contributed by atoms with van der Waals surface area (Å²) in [4.78, 5) is 0. The Kier molecular flexibility index (Phi) is 3.72. The summed E-state index contributed by atoms with van der Waals surface area (Å²) in [5, 5.41) is 0.695. The molecule has 1 saturated carbocycles. The zero-order valence-corrected chi connectivity index (χ0v) is 10.3. The lowest BCUT2D eigenvalue weighted by Gasteiger charge is -2.21. The van der Waals surface area contributed by atoms with E-state index in [2.05, 4.69) is 0 Å². The minimum absolute atomic E-state index is 0.0408. The highest BCUT2D eigenvalue weighted by Gasteiger charge is 2.26. The third-order valence-electron chi connectivity index (χ3n) is 3.02. The molecule has 3 heteroatoms. The van der Waals surface area contributed by atoms with Crippen LogP contribution in [-0.2, 0) is 0 Å². The molecule has 2 unspecified atom stereocenters. The Morgan fingerprint density at radius 1 is 1.50 bits per heavy atom. The van der Waals surface area contributed by atoms with Crippen molar-refractivity contribution in [1.29, 1.82) is 0 Å². The van der Waals surface area contributed by atoms with Crippen LogP contribution in [0.5, 0.6) is 5.75 Å². The molecule has 2 nitrogen and oxygen atoms in total. The second kappa shape index (κ2) is 5.07. The summed E-state index contributed by atoms with van der Waals surface area (Å²) in [6, 6.07) is 7.57. The fourth-order valence-electron chi connectivity index (χ4n) is 1.77. The fraction of sp³-hybridized carbons (Fsp3) is 0.538. The van der Waals surface area contributed by atoms with E-state index in [1.807, 2.05) is 31.2 Å². The number of nitrogens with two attached hydrogens (primary N) is 1. The van der Waals surface area contributed by atoms with E-state index < -0.39 is 0 Å². The van der Waals surface area contributed by atoms with Crippen LogP contribution in [0.3, 0.4) is 0 Å². The second-order valence-electron chi connectivity index (χ2n) is 4.62. The van der Waals surface area contributed by atoms with E-state index in [1.165, 1.54) is 12.8 Å². The summed E-state index contributed by atoms with van der Waals surface area (Å²) in [5.41, 5.74) is 6.09. The summed E-state index contributed by atoms with van der Waals surface area (Å²) in [6.07, 6.45) is 3.77. The van der Waals surface area contributed by atoms with Gasteiger partial charge in [-0.3, -0.25) is 0 Å². The van der Waals surface area contributed by atoms with Crippen molar-refractivity contribution in [3.63, 3.8) is 0 Å². The largest absolute Gasteiger partial charge is 0.489 e. The van der Waals surface area contributed by atoms with Crippen molar-refractivity contribution in [2.45, 2.75) is 38.3 Å². The zero-order chi connectivity index (χ0) is 11.5. The minimum Gasteiger partial charge on any atom is -0.489 e. The van der Waals surface area contributed by atoms with Crippen molar-refractivity contribution >= 4 is 11.6 Å². The first kappa shape index (κ1) is 11.7. The molecule has 0 aliphatic heterocycles. The standard InChI is InChI=1S/C13H18ClNO/c1-9(13(15)7-10-5-6-10)16-12-4-2-3-11(14)8-12/h2-4,8-10,13H,5-7,15H2,1H3. The first-order chi connectivity index (χ1) is 7.65. The molecule has 1 fully saturated rings. The molecular formula is C13H18ClNO. The Labute approximate surface area is 102 Å². The number of rotatable bonds is 5. The minimum atomic E-state index is 0.0408. The van der Waals surface area contributed by atoms with Crippen LogP contribution >= 0.6 is 11.6 Å². The molecular weight excluding hydrogens is 222 g/mol. The van der Waals surface area contributed by atoms with Crippen LogP contribution in [0.4, 0.5) is 0 Å². The highest BCUT2D eigenvalue weighted by Crippen LogP contribution is 2.34. The molecule has 0 saturated heterocycles. The summed E-state index contributed by atoms with van der Waals surface area (Å²) < 4.78 is 5.78. The van der Waals surface area contributed by atoms with Crippen molar-refractivity contribution in [2.75, 3.05) is 0 Å². The van der Waals surface area contributed by atoms with E-state index in [0.717, 1.165) is 18.1 Å². The molecule has 2 rings (SSSR count). The van der Waals surface area contributed by atoms with Crippen molar-refractivity contribution < 1.29 is 4.74 Å². The molecule has 1 aromatic rings. The van der Waals surface area contributed by atoms with E-state index in [9.17, 15) is 0 Å². The maximum absolute atomic E-state index is 6.09. The maximum atomic E-state index is 6.09. The van der Waals surface area contributed by atoms with Gasteiger partial charge in [-0.15, -0.1) is 0 Å². The quantitative estimate of drug-likeness (QED) is 0.856. The van der Waals surface area contributed by atoms with Crippen LogP contribution in [0.15, 0.2) is 24.3 Å². The molecule has 0 heterocycles. The van der Waals surface area contributed by atoms with Gasteiger partial charge in [0.15, 0.2) is 0 Å². The van der Waals surface area contributed by atoms with Gasteiger partial charge in [0.2, 0.25) is 0 Å². The van der Waals surface area contributed by atoms with Gasteiger partial charge in [0.05, 0.1) is 0 Å². The maximum Gasteiger partial charge on any atom is 0.121 e. The van der Waals surface area contributed by atoms with Crippen LogP contribution in [-0.4, -0.2) is 12.1 Å².